The van der Waals surface area contributed by atoms with Crippen molar-refractivity contribution in [3.8, 4) is 0 Å². The third kappa shape index (κ3) is 2.03. The van der Waals surface area contributed by atoms with Gasteiger partial charge in [-0.25, -0.2) is 0 Å². The number of carbonyl (C=O) groups is 1. The number of aryl methyl sites for hydroxylation is 2. The second-order valence-electron chi connectivity index (χ2n) is 5.21. The fourth-order valence-electron chi connectivity index (χ4n) is 2.14. The molecular formula is C16H19NO. The normalized spacial score (nSPS) is 11.2. The molecule has 2 rings (SSSR count). The fourth-order valence-corrected chi connectivity index (χ4v) is 2.14. The number of fused-ring (bicyclic) bond motifs is 1. The summed E-state index contributed by atoms with van der Waals surface area (Å²) in [7, 11) is 0. The third-order valence-electron chi connectivity index (χ3n) is 3.50. The molecule has 0 radical (unpaired) electrons. The lowest BCUT2D eigenvalue weighted by atomic mass is 9.97. The first-order valence-corrected chi connectivity index (χ1v) is 6.33. The van der Waals surface area contributed by atoms with E-state index in [1.807, 2.05) is 12.1 Å². The summed E-state index contributed by atoms with van der Waals surface area (Å²) in [5.74, 6) is 0.431. The summed E-state index contributed by atoms with van der Waals surface area (Å²) in [6, 6.07) is 6.00. The minimum absolute atomic E-state index is 0.104. The first kappa shape index (κ1) is 12.7. The Morgan fingerprint density at radius 3 is 2.44 bits per heavy atom. The van der Waals surface area contributed by atoms with Crippen LogP contribution in [-0.4, -0.2) is 10.8 Å². The van der Waals surface area contributed by atoms with E-state index in [-0.39, 0.29) is 5.78 Å². The van der Waals surface area contributed by atoms with Crippen LogP contribution in [0.2, 0.25) is 0 Å². The molecule has 0 amide bonds. The molecule has 0 fully saturated rings. The SMILES string of the molecule is CC(=O)c1cc(C(C)C)nc2c(C)c(C)ccc12. The highest BCUT2D eigenvalue weighted by Crippen LogP contribution is 2.26. The van der Waals surface area contributed by atoms with Crippen molar-refractivity contribution in [1.29, 1.82) is 0 Å². The standard InChI is InChI=1S/C16H19NO/c1-9(2)15-8-14(12(5)18)13-7-6-10(3)11(4)16(13)17-15/h6-9H,1-5H3. The zero-order chi connectivity index (χ0) is 13.4. The largest absolute Gasteiger partial charge is 0.294 e. The lowest BCUT2D eigenvalue weighted by Gasteiger charge is -2.12. The molecule has 94 valence electrons. The van der Waals surface area contributed by atoms with Gasteiger partial charge >= 0.3 is 0 Å². The van der Waals surface area contributed by atoms with Crippen LogP contribution in [0.15, 0.2) is 18.2 Å². The van der Waals surface area contributed by atoms with Crippen LogP contribution in [0.25, 0.3) is 10.9 Å². The molecule has 0 N–H and O–H groups in total. The summed E-state index contributed by atoms with van der Waals surface area (Å²) in [5.41, 5.74) is 5.11. The van der Waals surface area contributed by atoms with E-state index in [1.54, 1.807) is 6.92 Å². The smallest absolute Gasteiger partial charge is 0.160 e. The van der Waals surface area contributed by atoms with Gasteiger partial charge in [0.25, 0.3) is 0 Å². The number of nitrogens with zero attached hydrogens (tertiary/aromatic N) is 1. The molecule has 0 saturated heterocycles. The number of pyridine rings is 1. The van der Waals surface area contributed by atoms with Crippen molar-refractivity contribution in [2.75, 3.05) is 0 Å². The summed E-state index contributed by atoms with van der Waals surface area (Å²) < 4.78 is 0. The van der Waals surface area contributed by atoms with E-state index >= 15 is 0 Å². The van der Waals surface area contributed by atoms with E-state index < -0.39 is 0 Å². The molecule has 0 saturated carbocycles. The van der Waals surface area contributed by atoms with Crippen LogP contribution in [-0.2, 0) is 0 Å². The van der Waals surface area contributed by atoms with Crippen LogP contribution < -0.4 is 0 Å². The average Bonchev–Trinajstić information content (AvgIpc) is 2.32. The van der Waals surface area contributed by atoms with E-state index in [9.17, 15) is 4.79 Å². The minimum Gasteiger partial charge on any atom is -0.294 e. The molecule has 0 aliphatic heterocycles. The van der Waals surface area contributed by atoms with Gasteiger partial charge in [0.15, 0.2) is 5.78 Å². The first-order chi connectivity index (χ1) is 8.41. The predicted molar refractivity (Wildman–Crippen MR) is 75.3 cm³/mol. The van der Waals surface area contributed by atoms with Crippen LogP contribution in [0.4, 0.5) is 0 Å². The van der Waals surface area contributed by atoms with Gasteiger partial charge < -0.3 is 0 Å². The molecule has 2 nitrogen and oxygen atoms in total. The number of hydrogen-bond acceptors (Lipinski definition) is 2. The molecule has 1 aromatic carbocycles. The quantitative estimate of drug-likeness (QED) is 0.738. The molecule has 18 heavy (non-hydrogen) atoms. The van der Waals surface area contributed by atoms with E-state index in [0.29, 0.717) is 5.92 Å². The number of carbonyl (C=O) groups excluding carboxylic acids is 1. The maximum absolute atomic E-state index is 11.8. The summed E-state index contributed by atoms with van der Waals surface area (Å²) in [5, 5.41) is 0.968. The maximum atomic E-state index is 11.8. The van der Waals surface area contributed by atoms with Crippen LogP contribution in [0.3, 0.4) is 0 Å². The Morgan fingerprint density at radius 1 is 1.22 bits per heavy atom. The van der Waals surface area contributed by atoms with Crippen LogP contribution in [0.1, 0.15) is 53.9 Å². The molecule has 2 aromatic rings. The Balaban J connectivity index is 2.90. The van der Waals surface area contributed by atoms with E-state index in [2.05, 4.69) is 33.8 Å². The van der Waals surface area contributed by atoms with Gasteiger partial charge in [-0.2, -0.15) is 0 Å². The third-order valence-corrected chi connectivity index (χ3v) is 3.50. The lowest BCUT2D eigenvalue weighted by Crippen LogP contribution is -2.02. The van der Waals surface area contributed by atoms with Crippen molar-refractivity contribution < 1.29 is 4.79 Å². The second kappa shape index (κ2) is 4.52. The van der Waals surface area contributed by atoms with Crippen molar-refractivity contribution in [2.24, 2.45) is 0 Å². The Morgan fingerprint density at radius 2 is 1.89 bits per heavy atom. The van der Waals surface area contributed by atoms with E-state index in [0.717, 1.165) is 27.7 Å². The number of aromatic nitrogens is 1. The molecule has 1 heterocycles. The Bertz CT molecular complexity index is 627. The summed E-state index contributed by atoms with van der Waals surface area (Å²) in [6.45, 7) is 9.96. The lowest BCUT2D eigenvalue weighted by molar-refractivity contribution is 0.101. The van der Waals surface area contributed by atoms with Gasteiger partial charge in [0.2, 0.25) is 0 Å². The molecule has 0 aliphatic rings. The molecule has 0 aliphatic carbocycles. The van der Waals surface area contributed by atoms with E-state index in [4.69, 9.17) is 4.98 Å². The predicted octanol–water partition coefficient (Wildman–Crippen LogP) is 4.18. The first-order valence-electron chi connectivity index (χ1n) is 6.33. The molecule has 1 aromatic heterocycles. The van der Waals surface area contributed by atoms with Crippen molar-refractivity contribution in [3.05, 3.63) is 40.6 Å². The zero-order valence-corrected chi connectivity index (χ0v) is 11.7. The topological polar surface area (TPSA) is 30.0 Å². The highest BCUT2D eigenvalue weighted by atomic mass is 16.1. The maximum Gasteiger partial charge on any atom is 0.160 e. The van der Waals surface area contributed by atoms with Crippen LogP contribution in [0, 0.1) is 13.8 Å². The minimum atomic E-state index is 0.104. The number of rotatable bonds is 2. The highest BCUT2D eigenvalue weighted by Gasteiger charge is 2.13. The average molecular weight is 241 g/mol. The monoisotopic (exact) mass is 241 g/mol. The van der Waals surface area contributed by atoms with Crippen LogP contribution >= 0.6 is 0 Å². The van der Waals surface area contributed by atoms with Gasteiger partial charge in [-0.05, 0) is 43.9 Å². The number of benzene rings is 1. The van der Waals surface area contributed by atoms with Gasteiger partial charge in [-0.1, -0.05) is 26.0 Å². The zero-order valence-electron chi connectivity index (χ0n) is 11.7. The van der Waals surface area contributed by atoms with Crippen molar-refractivity contribution >= 4 is 16.7 Å². The van der Waals surface area contributed by atoms with Crippen molar-refractivity contribution in [1.82, 2.24) is 4.98 Å². The molecule has 2 heteroatoms. The second-order valence-corrected chi connectivity index (χ2v) is 5.21. The summed E-state index contributed by atoms with van der Waals surface area (Å²) >= 11 is 0. The van der Waals surface area contributed by atoms with Gasteiger partial charge in [-0.15, -0.1) is 0 Å². The molecule has 0 atom stereocenters. The Labute approximate surface area is 108 Å². The highest BCUT2D eigenvalue weighted by molar-refractivity contribution is 6.07. The molecule has 0 bridgehead atoms. The van der Waals surface area contributed by atoms with E-state index in [1.165, 1.54) is 5.56 Å². The van der Waals surface area contributed by atoms with Crippen molar-refractivity contribution in [2.45, 2.75) is 40.5 Å². The number of ketones is 1. The van der Waals surface area contributed by atoms with Crippen LogP contribution in [0.5, 0.6) is 0 Å². The van der Waals surface area contributed by atoms with Gasteiger partial charge in [0, 0.05) is 16.6 Å². The van der Waals surface area contributed by atoms with Gasteiger partial charge in [0.1, 0.15) is 0 Å². The number of hydrogen-bond donors (Lipinski definition) is 0. The summed E-state index contributed by atoms with van der Waals surface area (Å²) in [6.07, 6.45) is 0. The number of Topliss-reactive ketones (excluding diaryl/α,β-unsaturated/α-hetero) is 1. The Kier molecular flexibility index (Phi) is 3.20. The Hall–Kier alpha value is -1.70. The molecular weight excluding hydrogens is 222 g/mol. The van der Waals surface area contributed by atoms with Gasteiger partial charge in [-0.3, -0.25) is 9.78 Å². The molecule has 0 spiro atoms. The summed E-state index contributed by atoms with van der Waals surface area (Å²) in [4.78, 5) is 16.5. The van der Waals surface area contributed by atoms with Crippen molar-refractivity contribution in [3.63, 3.8) is 0 Å². The molecule has 0 unspecified atom stereocenters. The van der Waals surface area contributed by atoms with Gasteiger partial charge in [0.05, 0.1) is 5.52 Å². The fraction of sp³-hybridized carbons (Fsp3) is 0.375.